The molecule has 0 unspecified atom stereocenters. The fourth-order valence-corrected chi connectivity index (χ4v) is 3.73. The zero-order chi connectivity index (χ0) is 13.9. The van der Waals surface area contributed by atoms with Crippen molar-refractivity contribution in [2.75, 3.05) is 31.9 Å². The van der Waals surface area contributed by atoms with Crippen molar-refractivity contribution in [1.29, 1.82) is 0 Å². The van der Waals surface area contributed by atoms with E-state index in [9.17, 15) is 8.42 Å². The van der Waals surface area contributed by atoms with Crippen LogP contribution in [0.1, 0.15) is 12.8 Å². The van der Waals surface area contributed by atoms with Crippen LogP contribution in [0.3, 0.4) is 0 Å². The molecule has 19 heavy (non-hydrogen) atoms. The number of hydrogen-bond donors (Lipinski definition) is 2. The van der Waals surface area contributed by atoms with E-state index in [4.69, 9.17) is 17.3 Å². The molecule has 1 heterocycles. The van der Waals surface area contributed by atoms with Gasteiger partial charge in [0, 0.05) is 18.8 Å². The highest BCUT2D eigenvalue weighted by Crippen LogP contribution is 2.23. The quantitative estimate of drug-likeness (QED) is 0.804. The molecule has 106 valence electrons. The molecule has 0 radical (unpaired) electrons. The number of rotatable bonds is 5. The summed E-state index contributed by atoms with van der Waals surface area (Å²) in [6, 6.07) is 4.40. The van der Waals surface area contributed by atoms with Crippen LogP contribution in [-0.2, 0) is 10.0 Å². The Kier molecular flexibility index (Phi) is 4.67. The maximum Gasteiger partial charge on any atom is 0.242 e. The van der Waals surface area contributed by atoms with Crippen LogP contribution >= 0.6 is 11.6 Å². The first-order valence-corrected chi connectivity index (χ1v) is 8.12. The Hall–Kier alpha value is -0.820. The molecule has 1 aliphatic heterocycles. The molecule has 1 aromatic carbocycles. The van der Waals surface area contributed by atoms with E-state index in [2.05, 4.69) is 9.62 Å². The van der Waals surface area contributed by atoms with Crippen LogP contribution in [0.15, 0.2) is 23.1 Å². The molecule has 0 spiro atoms. The molecule has 0 aliphatic carbocycles. The number of nitrogens with two attached hydrogens (primary N) is 1. The normalized spacial score (nSPS) is 16.9. The standard InChI is InChI=1S/C12H18ClN3O2S/c13-11-9-10(14)3-4-12(11)19(17,18)15-5-8-16-6-1-2-7-16/h3-4,9,15H,1-2,5-8,14H2. The van der Waals surface area contributed by atoms with Gasteiger partial charge in [-0.05, 0) is 44.1 Å². The highest BCUT2D eigenvalue weighted by atomic mass is 35.5. The monoisotopic (exact) mass is 303 g/mol. The number of anilines is 1. The molecule has 7 heteroatoms. The lowest BCUT2D eigenvalue weighted by Crippen LogP contribution is -2.33. The minimum atomic E-state index is -3.56. The molecule has 1 fully saturated rings. The largest absolute Gasteiger partial charge is 0.399 e. The van der Waals surface area contributed by atoms with Crippen LogP contribution in [0.25, 0.3) is 0 Å². The minimum absolute atomic E-state index is 0.0739. The molecule has 0 atom stereocenters. The van der Waals surface area contributed by atoms with Gasteiger partial charge < -0.3 is 10.6 Å². The fraction of sp³-hybridized carbons (Fsp3) is 0.500. The fourth-order valence-electron chi connectivity index (χ4n) is 2.16. The van der Waals surface area contributed by atoms with E-state index >= 15 is 0 Å². The molecule has 0 bridgehead atoms. The van der Waals surface area contributed by atoms with E-state index in [1.165, 1.54) is 31.0 Å². The second kappa shape index (κ2) is 6.09. The van der Waals surface area contributed by atoms with Crippen molar-refractivity contribution < 1.29 is 8.42 Å². The van der Waals surface area contributed by atoms with Crippen molar-refractivity contribution in [1.82, 2.24) is 9.62 Å². The first-order valence-electron chi connectivity index (χ1n) is 6.26. The van der Waals surface area contributed by atoms with Crippen LogP contribution in [0.5, 0.6) is 0 Å². The van der Waals surface area contributed by atoms with Gasteiger partial charge in [0.05, 0.1) is 5.02 Å². The van der Waals surface area contributed by atoms with Gasteiger partial charge >= 0.3 is 0 Å². The lowest BCUT2D eigenvalue weighted by Gasteiger charge is -2.15. The Labute approximate surface area is 118 Å². The number of likely N-dealkylation sites (tertiary alicyclic amines) is 1. The van der Waals surface area contributed by atoms with Gasteiger partial charge in [-0.15, -0.1) is 0 Å². The third-order valence-electron chi connectivity index (χ3n) is 3.16. The van der Waals surface area contributed by atoms with E-state index in [-0.39, 0.29) is 9.92 Å². The predicted octanol–water partition coefficient (Wildman–Crippen LogP) is 1.30. The van der Waals surface area contributed by atoms with Crippen molar-refractivity contribution in [3.8, 4) is 0 Å². The van der Waals surface area contributed by atoms with Crippen LogP contribution < -0.4 is 10.5 Å². The maximum absolute atomic E-state index is 12.1. The van der Waals surface area contributed by atoms with Gasteiger partial charge in [-0.1, -0.05) is 11.6 Å². The van der Waals surface area contributed by atoms with Crippen molar-refractivity contribution in [3.05, 3.63) is 23.2 Å². The van der Waals surface area contributed by atoms with Gasteiger partial charge in [0.2, 0.25) is 10.0 Å². The second-order valence-corrected chi connectivity index (χ2v) is 6.78. The van der Waals surface area contributed by atoms with Crippen LogP contribution in [0.2, 0.25) is 5.02 Å². The van der Waals surface area contributed by atoms with E-state index < -0.39 is 10.0 Å². The molecule has 0 aromatic heterocycles. The van der Waals surface area contributed by atoms with Crippen LogP contribution in [-0.4, -0.2) is 39.5 Å². The Balaban J connectivity index is 1.97. The van der Waals surface area contributed by atoms with E-state index in [1.54, 1.807) is 0 Å². The van der Waals surface area contributed by atoms with Crippen molar-refractivity contribution in [3.63, 3.8) is 0 Å². The van der Waals surface area contributed by atoms with Gasteiger partial charge in [0.25, 0.3) is 0 Å². The Morgan fingerprint density at radius 1 is 1.32 bits per heavy atom. The zero-order valence-electron chi connectivity index (χ0n) is 10.6. The number of nitrogens with one attached hydrogen (secondary N) is 1. The summed E-state index contributed by atoms with van der Waals surface area (Å²) >= 11 is 5.91. The van der Waals surface area contributed by atoms with Crippen molar-refractivity contribution in [2.24, 2.45) is 0 Å². The maximum atomic E-state index is 12.1. The summed E-state index contributed by atoms with van der Waals surface area (Å²) in [5.74, 6) is 0. The molecule has 5 nitrogen and oxygen atoms in total. The molecule has 0 saturated carbocycles. The number of sulfonamides is 1. The number of halogens is 1. The van der Waals surface area contributed by atoms with E-state index in [0.29, 0.717) is 12.2 Å². The van der Waals surface area contributed by atoms with Crippen LogP contribution in [0, 0.1) is 0 Å². The first kappa shape index (κ1) is 14.6. The van der Waals surface area contributed by atoms with Crippen molar-refractivity contribution >= 4 is 27.3 Å². The molecule has 0 amide bonds. The summed E-state index contributed by atoms with van der Waals surface area (Å²) in [6.07, 6.45) is 2.38. The summed E-state index contributed by atoms with van der Waals surface area (Å²) in [5, 5.41) is 0.147. The van der Waals surface area contributed by atoms with Gasteiger partial charge in [0.15, 0.2) is 0 Å². The average molecular weight is 304 g/mol. The third-order valence-corrected chi connectivity index (χ3v) is 5.11. The topological polar surface area (TPSA) is 75.4 Å². The highest BCUT2D eigenvalue weighted by Gasteiger charge is 2.18. The van der Waals surface area contributed by atoms with Gasteiger partial charge in [-0.25, -0.2) is 13.1 Å². The van der Waals surface area contributed by atoms with E-state index in [1.807, 2.05) is 0 Å². The average Bonchev–Trinajstić information content (AvgIpc) is 2.81. The Morgan fingerprint density at radius 2 is 2.00 bits per heavy atom. The van der Waals surface area contributed by atoms with Crippen molar-refractivity contribution in [2.45, 2.75) is 17.7 Å². The Bertz CT molecular complexity index is 542. The molecular formula is C12H18ClN3O2S. The second-order valence-electron chi connectivity index (χ2n) is 4.64. The summed E-state index contributed by atoms with van der Waals surface area (Å²) in [5.41, 5.74) is 5.99. The molecule has 1 saturated heterocycles. The lowest BCUT2D eigenvalue weighted by atomic mass is 10.3. The molecule has 1 aromatic rings. The van der Waals surface area contributed by atoms with Gasteiger partial charge in [-0.3, -0.25) is 0 Å². The van der Waals surface area contributed by atoms with Crippen LogP contribution in [0.4, 0.5) is 5.69 Å². The molecule has 3 N–H and O–H groups in total. The smallest absolute Gasteiger partial charge is 0.242 e. The SMILES string of the molecule is Nc1ccc(S(=O)(=O)NCCN2CCCC2)c(Cl)c1. The van der Waals surface area contributed by atoms with Gasteiger partial charge in [0.1, 0.15) is 4.90 Å². The summed E-state index contributed by atoms with van der Waals surface area (Å²) in [6.45, 7) is 3.21. The highest BCUT2D eigenvalue weighted by molar-refractivity contribution is 7.89. The molecular weight excluding hydrogens is 286 g/mol. The summed E-state index contributed by atoms with van der Waals surface area (Å²) in [4.78, 5) is 2.32. The third kappa shape index (κ3) is 3.82. The number of nitrogens with zero attached hydrogens (tertiary/aromatic N) is 1. The van der Waals surface area contributed by atoms with Gasteiger partial charge in [-0.2, -0.15) is 0 Å². The minimum Gasteiger partial charge on any atom is -0.399 e. The first-order chi connectivity index (χ1) is 8.99. The summed E-state index contributed by atoms with van der Waals surface area (Å²) in [7, 11) is -3.56. The van der Waals surface area contributed by atoms with E-state index in [0.717, 1.165) is 19.6 Å². The lowest BCUT2D eigenvalue weighted by molar-refractivity contribution is 0.344. The number of benzene rings is 1. The Morgan fingerprint density at radius 3 is 2.63 bits per heavy atom. The summed E-state index contributed by atoms with van der Waals surface area (Å²) < 4.78 is 26.7. The molecule has 1 aliphatic rings. The number of nitrogen functional groups attached to an aromatic ring is 1. The molecule has 2 rings (SSSR count). The number of hydrogen-bond acceptors (Lipinski definition) is 4. The zero-order valence-corrected chi connectivity index (χ0v) is 12.2. The predicted molar refractivity (Wildman–Crippen MR) is 76.7 cm³/mol.